The molecule has 0 aliphatic heterocycles. The Morgan fingerprint density at radius 3 is 2.60 bits per heavy atom. The van der Waals surface area contributed by atoms with E-state index in [4.69, 9.17) is 0 Å². The summed E-state index contributed by atoms with van der Waals surface area (Å²) in [5.41, 5.74) is 2.37. The van der Waals surface area contributed by atoms with Gasteiger partial charge in [-0.15, -0.1) is 0 Å². The molecule has 0 spiro atoms. The van der Waals surface area contributed by atoms with Crippen molar-refractivity contribution in [1.29, 1.82) is 0 Å². The molecule has 1 nitrogen and oxygen atoms in total. The van der Waals surface area contributed by atoms with Crippen molar-refractivity contribution in [3.05, 3.63) is 25.5 Å². The monoisotopic (exact) mass is 311 g/mol. The Hall–Kier alpha value is 0.360. The maximum absolute atomic E-state index is 4.18. The Bertz CT molecular complexity index is 233. The predicted molar refractivity (Wildman–Crippen MR) is 54.1 cm³/mol. The van der Waals surface area contributed by atoms with Crippen molar-refractivity contribution < 1.29 is 0 Å². The summed E-state index contributed by atoms with van der Waals surface area (Å²) in [4.78, 5) is 4.18. The molecule has 1 aromatic heterocycles. The highest BCUT2D eigenvalue weighted by atomic mass is 127. The maximum atomic E-state index is 4.18. The zero-order valence-electron chi connectivity index (χ0n) is 5.78. The molecule has 0 fully saturated rings. The Labute approximate surface area is 82.5 Å². The van der Waals surface area contributed by atoms with Crippen LogP contribution >= 0.6 is 38.5 Å². The van der Waals surface area contributed by atoms with Crippen LogP contribution < -0.4 is 0 Å². The molecule has 0 amide bonds. The second-order valence-corrected chi connectivity index (χ2v) is 4.06. The van der Waals surface area contributed by atoms with Crippen molar-refractivity contribution in [3.8, 4) is 0 Å². The molecule has 0 saturated carbocycles. The molecule has 0 aromatic carbocycles. The molecule has 0 atom stereocenters. The van der Waals surface area contributed by atoms with E-state index in [1.54, 1.807) is 0 Å². The van der Waals surface area contributed by atoms with Gasteiger partial charge in [-0.25, -0.2) is 0 Å². The highest BCUT2D eigenvalue weighted by Gasteiger charge is 2.01. The predicted octanol–water partition coefficient (Wildman–Crippen LogP) is 3.07. The third-order valence-corrected chi connectivity index (χ3v) is 3.77. The van der Waals surface area contributed by atoms with Gasteiger partial charge in [0.15, 0.2) is 0 Å². The van der Waals surface area contributed by atoms with E-state index in [1.165, 1.54) is 9.13 Å². The standard InChI is InChI=1S/C7H7BrIN/c1-4-6(8)3-10-5(2)7(4)9/h3H,1-2H3. The largest absolute Gasteiger partial charge is 0.259 e. The fraction of sp³-hybridized carbons (Fsp3) is 0.286. The molecule has 10 heavy (non-hydrogen) atoms. The number of hydrogen-bond donors (Lipinski definition) is 0. The van der Waals surface area contributed by atoms with Crippen molar-refractivity contribution in [1.82, 2.24) is 4.98 Å². The zero-order valence-corrected chi connectivity index (χ0v) is 9.52. The van der Waals surface area contributed by atoms with Crippen LogP contribution in [0.5, 0.6) is 0 Å². The van der Waals surface area contributed by atoms with Gasteiger partial charge >= 0.3 is 0 Å². The Morgan fingerprint density at radius 1 is 1.50 bits per heavy atom. The van der Waals surface area contributed by atoms with E-state index in [9.17, 15) is 0 Å². The first kappa shape index (κ1) is 8.46. The van der Waals surface area contributed by atoms with Gasteiger partial charge < -0.3 is 0 Å². The summed E-state index contributed by atoms with van der Waals surface area (Å²) in [6.07, 6.45) is 1.84. The van der Waals surface area contributed by atoms with Gasteiger partial charge in [0.2, 0.25) is 0 Å². The number of nitrogens with zero attached hydrogens (tertiary/aromatic N) is 1. The second-order valence-electron chi connectivity index (χ2n) is 2.13. The van der Waals surface area contributed by atoms with Crippen molar-refractivity contribution in [2.45, 2.75) is 13.8 Å². The molecule has 0 aliphatic carbocycles. The van der Waals surface area contributed by atoms with Gasteiger partial charge in [-0.05, 0) is 57.9 Å². The van der Waals surface area contributed by atoms with E-state index in [0.29, 0.717) is 0 Å². The Morgan fingerprint density at radius 2 is 2.10 bits per heavy atom. The lowest BCUT2D eigenvalue weighted by atomic mass is 10.3. The molecular formula is C7H7BrIN. The van der Waals surface area contributed by atoms with Crippen molar-refractivity contribution in [3.63, 3.8) is 0 Å². The van der Waals surface area contributed by atoms with E-state index < -0.39 is 0 Å². The summed E-state index contributed by atoms with van der Waals surface area (Å²) in [5.74, 6) is 0. The van der Waals surface area contributed by atoms with Crippen LogP contribution in [0.3, 0.4) is 0 Å². The van der Waals surface area contributed by atoms with Crippen LogP contribution in [0.25, 0.3) is 0 Å². The topological polar surface area (TPSA) is 12.9 Å². The van der Waals surface area contributed by atoms with E-state index in [-0.39, 0.29) is 0 Å². The molecule has 0 radical (unpaired) electrons. The molecule has 1 heterocycles. The summed E-state index contributed by atoms with van der Waals surface area (Å²) in [5, 5.41) is 0. The molecule has 0 aliphatic rings. The summed E-state index contributed by atoms with van der Waals surface area (Å²) in [6.45, 7) is 4.10. The summed E-state index contributed by atoms with van der Waals surface area (Å²) in [7, 11) is 0. The van der Waals surface area contributed by atoms with Gasteiger partial charge in [0.1, 0.15) is 0 Å². The average Bonchev–Trinajstić information content (AvgIpc) is 1.93. The van der Waals surface area contributed by atoms with Gasteiger partial charge in [0.05, 0.1) is 5.69 Å². The molecule has 1 rings (SSSR count). The van der Waals surface area contributed by atoms with Crippen molar-refractivity contribution in [2.24, 2.45) is 0 Å². The molecule has 0 N–H and O–H groups in total. The zero-order chi connectivity index (χ0) is 7.72. The van der Waals surface area contributed by atoms with Crippen LogP contribution in [0, 0.1) is 17.4 Å². The number of hydrogen-bond acceptors (Lipinski definition) is 1. The van der Waals surface area contributed by atoms with Crippen LogP contribution in [-0.2, 0) is 0 Å². The fourth-order valence-electron chi connectivity index (χ4n) is 0.683. The molecule has 1 aromatic rings. The van der Waals surface area contributed by atoms with Crippen molar-refractivity contribution >= 4 is 38.5 Å². The Kier molecular flexibility index (Phi) is 2.68. The van der Waals surface area contributed by atoms with E-state index in [0.717, 1.165) is 10.2 Å². The van der Waals surface area contributed by atoms with Gasteiger partial charge in [-0.1, -0.05) is 0 Å². The van der Waals surface area contributed by atoms with Crippen LogP contribution in [-0.4, -0.2) is 4.98 Å². The molecule has 54 valence electrons. The highest BCUT2D eigenvalue weighted by Crippen LogP contribution is 2.21. The normalized spacial score (nSPS) is 10.0. The smallest absolute Gasteiger partial charge is 0.0509 e. The minimum Gasteiger partial charge on any atom is -0.259 e. The van der Waals surface area contributed by atoms with Crippen LogP contribution in [0.1, 0.15) is 11.3 Å². The first-order valence-corrected chi connectivity index (χ1v) is 4.77. The molecule has 0 unspecified atom stereocenters. The summed E-state index contributed by atoms with van der Waals surface area (Å²) >= 11 is 5.71. The second kappa shape index (κ2) is 3.17. The first-order chi connectivity index (χ1) is 4.63. The number of aryl methyl sites for hydroxylation is 1. The molecule has 3 heteroatoms. The molecule has 0 bridgehead atoms. The van der Waals surface area contributed by atoms with E-state index >= 15 is 0 Å². The van der Waals surface area contributed by atoms with Gasteiger partial charge in [0.25, 0.3) is 0 Å². The summed E-state index contributed by atoms with van der Waals surface area (Å²) in [6, 6.07) is 0. The van der Waals surface area contributed by atoms with Crippen LogP contribution in [0.4, 0.5) is 0 Å². The molecule has 0 saturated heterocycles. The van der Waals surface area contributed by atoms with Crippen LogP contribution in [0.2, 0.25) is 0 Å². The lowest BCUT2D eigenvalue weighted by Crippen LogP contribution is -1.90. The fourth-order valence-corrected chi connectivity index (χ4v) is 1.78. The quantitative estimate of drug-likeness (QED) is 0.671. The number of halogens is 2. The summed E-state index contributed by atoms with van der Waals surface area (Å²) < 4.78 is 2.33. The minimum absolute atomic E-state index is 1.09. The first-order valence-electron chi connectivity index (χ1n) is 2.90. The lowest BCUT2D eigenvalue weighted by molar-refractivity contribution is 1.13. The van der Waals surface area contributed by atoms with Gasteiger partial charge in [-0.2, -0.15) is 0 Å². The minimum atomic E-state index is 1.09. The Balaban J connectivity index is 3.34. The average molecular weight is 312 g/mol. The van der Waals surface area contributed by atoms with E-state index in [1.807, 2.05) is 13.1 Å². The van der Waals surface area contributed by atoms with Gasteiger partial charge in [0, 0.05) is 14.2 Å². The number of aromatic nitrogens is 1. The lowest BCUT2D eigenvalue weighted by Gasteiger charge is -2.02. The molecular weight excluding hydrogens is 305 g/mol. The maximum Gasteiger partial charge on any atom is 0.0509 e. The third-order valence-electron chi connectivity index (χ3n) is 1.38. The number of rotatable bonds is 0. The SMILES string of the molecule is Cc1ncc(Br)c(C)c1I. The highest BCUT2D eigenvalue weighted by molar-refractivity contribution is 14.1. The third kappa shape index (κ3) is 1.50. The number of pyridine rings is 1. The van der Waals surface area contributed by atoms with E-state index in [2.05, 4.69) is 50.4 Å². The van der Waals surface area contributed by atoms with Crippen LogP contribution in [0.15, 0.2) is 10.7 Å². The van der Waals surface area contributed by atoms with Crippen molar-refractivity contribution in [2.75, 3.05) is 0 Å². The van der Waals surface area contributed by atoms with Gasteiger partial charge in [-0.3, -0.25) is 4.98 Å².